The van der Waals surface area contributed by atoms with E-state index in [9.17, 15) is 0 Å². The summed E-state index contributed by atoms with van der Waals surface area (Å²) in [7, 11) is 4.43. The number of likely N-dealkylation sites (N-methyl/N-ethyl adjacent to an activating group) is 2. The Morgan fingerprint density at radius 3 is 2.79 bits per heavy atom. The van der Waals surface area contributed by atoms with Crippen LogP contribution >= 0.6 is 32.3 Å². The monoisotopic (exact) mass is 573 g/mol. The molecule has 0 aromatic carbocycles. The second-order valence-electron chi connectivity index (χ2n) is 9.86. The molecule has 7 rings (SSSR count). The molecule has 0 aliphatic carbocycles. The SMILES string of the molecule is Cc1cc(C2(C3=CC(N4C[C@@H]5C[C@H]4CN5C)=Ic4c(C5=CN(C)CC=C5)cnn43)CN2)sn1. The number of hydrogen-bond donors (Lipinski definition) is 1. The van der Waals surface area contributed by atoms with E-state index in [0.717, 1.165) is 25.3 Å². The molecule has 33 heavy (non-hydrogen) atoms. The zero-order chi connectivity index (χ0) is 22.3. The fourth-order valence-electron chi connectivity index (χ4n) is 5.62. The third-order valence-electron chi connectivity index (χ3n) is 7.55. The largest absolute Gasteiger partial charge is 0.376 e. The van der Waals surface area contributed by atoms with Gasteiger partial charge in [-0.2, -0.15) is 9.47 Å². The number of rotatable bonds is 4. The van der Waals surface area contributed by atoms with Crippen molar-refractivity contribution in [2.45, 2.75) is 31.0 Å². The lowest BCUT2D eigenvalue weighted by Gasteiger charge is -2.34. The van der Waals surface area contributed by atoms with Gasteiger partial charge in [0.25, 0.3) is 0 Å². The molecule has 7 heterocycles. The van der Waals surface area contributed by atoms with Gasteiger partial charge in [-0.25, -0.2) is 4.68 Å². The van der Waals surface area contributed by atoms with E-state index in [0.29, 0.717) is 12.1 Å². The molecule has 3 atom stereocenters. The van der Waals surface area contributed by atoms with Gasteiger partial charge in [0.2, 0.25) is 0 Å². The maximum Gasteiger partial charge on any atom is 0.110 e. The summed E-state index contributed by atoms with van der Waals surface area (Å²) in [6.07, 6.45) is 12.7. The molecule has 0 saturated carbocycles. The van der Waals surface area contributed by atoms with Crippen LogP contribution in [0.4, 0.5) is 0 Å². The van der Waals surface area contributed by atoms with Crippen molar-refractivity contribution in [3.8, 4) is 0 Å². The zero-order valence-corrected chi connectivity index (χ0v) is 22.1. The summed E-state index contributed by atoms with van der Waals surface area (Å²) in [4.78, 5) is 8.83. The van der Waals surface area contributed by atoms with Crippen LogP contribution in [-0.4, -0.2) is 84.8 Å². The van der Waals surface area contributed by atoms with E-state index in [1.807, 2.05) is 0 Å². The van der Waals surface area contributed by atoms with Crippen LogP contribution in [0.5, 0.6) is 0 Å². The van der Waals surface area contributed by atoms with Gasteiger partial charge in [-0.05, 0) is 64.8 Å². The van der Waals surface area contributed by atoms with E-state index >= 15 is 0 Å². The van der Waals surface area contributed by atoms with E-state index in [1.165, 1.54) is 38.4 Å². The number of nitrogens with one attached hydrogen (secondary N) is 1. The number of fused-ring (bicyclic) bond motifs is 3. The van der Waals surface area contributed by atoms with Gasteiger partial charge in [-0.3, -0.25) is 10.2 Å². The number of allylic oxidation sites excluding steroid dienone is 2. The molecule has 2 aromatic heterocycles. The van der Waals surface area contributed by atoms with Crippen LogP contribution < -0.4 is 5.32 Å². The second kappa shape index (κ2) is 7.42. The Morgan fingerprint density at radius 2 is 2.12 bits per heavy atom. The van der Waals surface area contributed by atoms with Gasteiger partial charge in [0.1, 0.15) is 9.24 Å². The molecule has 2 aromatic rings. The Kier molecular flexibility index (Phi) is 4.65. The highest BCUT2D eigenvalue weighted by Gasteiger charge is 2.52. The maximum atomic E-state index is 4.98. The highest BCUT2D eigenvalue weighted by atomic mass is 127. The van der Waals surface area contributed by atoms with Crippen LogP contribution in [0.2, 0.25) is 0 Å². The average molecular weight is 574 g/mol. The van der Waals surface area contributed by atoms with Crippen molar-refractivity contribution in [1.82, 2.24) is 34.2 Å². The molecule has 2 bridgehead atoms. The first-order chi connectivity index (χ1) is 16.0. The van der Waals surface area contributed by atoms with E-state index in [2.05, 4.69) is 86.8 Å². The van der Waals surface area contributed by atoms with Gasteiger partial charge in [-0.15, -0.1) is 0 Å². The van der Waals surface area contributed by atoms with Crippen molar-refractivity contribution >= 4 is 47.2 Å². The molecule has 172 valence electrons. The Balaban J connectivity index is 1.37. The second-order valence-corrected chi connectivity index (χ2v) is 13.3. The summed E-state index contributed by atoms with van der Waals surface area (Å²) < 4.78 is 9.84. The number of nitrogens with zero attached hydrogens (tertiary/aromatic N) is 6. The van der Waals surface area contributed by atoms with Gasteiger partial charge < -0.3 is 9.80 Å². The van der Waals surface area contributed by atoms with Gasteiger partial charge in [0.05, 0.1) is 26.1 Å². The highest BCUT2D eigenvalue weighted by Crippen LogP contribution is 2.47. The molecule has 3 saturated heterocycles. The average Bonchev–Trinajstić information content (AvgIpc) is 3.16. The first-order valence-electron chi connectivity index (χ1n) is 11.6. The molecular formula is C24H28IN7S. The fourth-order valence-corrected chi connectivity index (χ4v) is 9.77. The minimum atomic E-state index is -0.335. The van der Waals surface area contributed by atoms with Crippen molar-refractivity contribution in [2.24, 2.45) is 0 Å². The Bertz CT molecular complexity index is 1260. The lowest BCUT2D eigenvalue weighted by Crippen LogP contribution is -2.47. The summed E-state index contributed by atoms with van der Waals surface area (Å²) >= 11 is 1.29. The van der Waals surface area contributed by atoms with Crippen molar-refractivity contribution in [3.63, 3.8) is 0 Å². The quantitative estimate of drug-likeness (QED) is 0.449. The number of halogens is 1. The molecule has 0 amide bonds. The first-order valence-corrected chi connectivity index (χ1v) is 14.5. The minimum absolute atomic E-state index is 0.164. The van der Waals surface area contributed by atoms with Crippen molar-refractivity contribution < 1.29 is 0 Å². The zero-order valence-electron chi connectivity index (χ0n) is 19.1. The lowest BCUT2D eigenvalue weighted by molar-refractivity contribution is 0.213. The van der Waals surface area contributed by atoms with Gasteiger partial charge in [0.15, 0.2) is 0 Å². The Labute approximate surface area is 208 Å². The molecule has 0 spiro atoms. The summed E-state index contributed by atoms with van der Waals surface area (Å²) in [6.45, 7) is 6.34. The molecule has 1 unspecified atom stereocenters. The number of piperazine rings is 1. The topological polar surface area (TPSA) is 62.4 Å². The number of aromatic nitrogens is 3. The Morgan fingerprint density at radius 1 is 1.24 bits per heavy atom. The molecule has 5 aliphatic heterocycles. The fraction of sp³-hybridized carbons (Fsp3) is 0.458. The van der Waals surface area contributed by atoms with Crippen molar-refractivity contribution in [3.05, 3.63) is 56.5 Å². The predicted molar refractivity (Wildman–Crippen MR) is 142 cm³/mol. The normalized spacial score (nSPS) is 31.2. The highest BCUT2D eigenvalue weighted by molar-refractivity contribution is 14.2. The van der Waals surface area contributed by atoms with Crippen LogP contribution in [-0.2, 0) is 5.54 Å². The Hall–Kier alpha value is -1.66. The smallest absolute Gasteiger partial charge is 0.110 e. The lowest BCUT2D eigenvalue weighted by atomic mass is 10.0. The third kappa shape index (κ3) is 3.19. The predicted octanol–water partition coefficient (Wildman–Crippen LogP) is 2.50. The number of aryl methyl sites for hydroxylation is 1. The van der Waals surface area contributed by atoms with Crippen LogP contribution in [0.15, 0.2) is 36.7 Å². The molecule has 5 aliphatic rings. The van der Waals surface area contributed by atoms with E-state index < -0.39 is 0 Å². The minimum Gasteiger partial charge on any atom is -0.376 e. The van der Waals surface area contributed by atoms with E-state index in [-0.39, 0.29) is 26.3 Å². The number of likely N-dealkylation sites (tertiary alicyclic amines) is 2. The summed E-state index contributed by atoms with van der Waals surface area (Å²) in [6, 6.07) is 3.59. The molecular weight excluding hydrogens is 545 g/mol. The first kappa shape index (κ1) is 20.7. The van der Waals surface area contributed by atoms with Gasteiger partial charge >= 0.3 is 0 Å². The van der Waals surface area contributed by atoms with E-state index in [1.54, 1.807) is 15.2 Å². The van der Waals surface area contributed by atoms with Crippen LogP contribution in [0, 0.1) is 10.6 Å². The van der Waals surface area contributed by atoms with Crippen LogP contribution in [0.25, 0.3) is 11.3 Å². The van der Waals surface area contributed by atoms with Crippen LogP contribution in [0.3, 0.4) is 0 Å². The van der Waals surface area contributed by atoms with Gasteiger partial charge in [-0.1, -0.05) is 12.2 Å². The van der Waals surface area contributed by atoms with Gasteiger partial charge in [0, 0.05) is 62.6 Å². The molecule has 0 radical (unpaired) electrons. The standard InChI is InChI=1S/C24H28IN7S/c1-15-7-21(33-28-15)24(14-26-24)20-9-22(31-13-17-8-18(31)12-30(17)3)25-23-19(10-27-32(20)23)16-5-4-6-29(2)11-16/h4-5,7,9-11,17-18,26H,6,8,12-14H2,1-3H3/t17-,18-,24?/m0/s1. The third-order valence-corrected chi connectivity index (χ3v) is 11.6. The summed E-state index contributed by atoms with van der Waals surface area (Å²) in [5.41, 5.74) is 4.78. The molecule has 9 heteroatoms. The summed E-state index contributed by atoms with van der Waals surface area (Å²) in [5.74, 6) is 0. The van der Waals surface area contributed by atoms with E-state index in [4.69, 9.17) is 5.10 Å². The van der Waals surface area contributed by atoms with Crippen molar-refractivity contribution in [1.29, 1.82) is 0 Å². The molecule has 1 N–H and O–H groups in total. The molecule has 7 nitrogen and oxygen atoms in total. The summed E-state index contributed by atoms with van der Waals surface area (Å²) in [5, 5.41) is 8.70. The van der Waals surface area contributed by atoms with Crippen molar-refractivity contribution in [2.75, 3.05) is 40.3 Å². The van der Waals surface area contributed by atoms with Crippen LogP contribution in [0.1, 0.15) is 22.6 Å². The number of hydrogen-bond acceptors (Lipinski definition) is 7. The maximum absolute atomic E-state index is 4.98. The molecule has 3 fully saturated rings.